The van der Waals surface area contributed by atoms with E-state index in [1.807, 2.05) is 0 Å². The SMILES string of the molecule is CC(C)c1nc2ccccc2n1[C@H](C)c1ccccc1. The van der Waals surface area contributed by atoms with Crippen molar-refractivity contribution in [3.63, 3.8) is 0 Å². The van der Waals surface area contributed by atoms with Gasteiger partial charge in [0.1, 0.15) is 5.82 Å². The van der Waals surface area contributed by atoms with E-state index in [9.17, 15) is 0 Å². The molecule has 0 unspecified atom stereocenters. The van der Waals surface area contributed by atoms with Crippen LogP contribution in [0.3, 0.4) is 0 Å². The molecule has 0 bridgehead atoms. The zero-order valence-electron chi connectivity index (χ0n) is 12.2. The molecule has 0 radical (unpaired) electrons. The Balaban J connectivity index is 2.21. The lowest BCUT2D eigenvalue weighted by Gasteiger charge is -2.19. The van der Waals surface area contributed by atoms with E-state index >= 15 is 0 Å². The molecule has 0 aliphatic rings. The molecule has 0 aliphatic carbocycles. The third kappa shape index (κ3) is 2.11. The van der Waals surface area contributed by atoms with Crippen LogP contribution in [-0.4, -0.2) is 9.55 Å². The van der Waals surface area contributed by atoms with Crippen LogP contribution in [0.1, 0.15) is 44.1 Å². The number of nitrogens with zero attached hydrogens (tertiary/aromatic N) is 2. The van der Waals surface area contributed by atoms with Crippen molar-refractivity contribution in [3.8, 4) is 0 Å². The third-order valence-electron chi connectivity index (χ3n) is 3.81. The zero-order valence-corrected chi connectivity index (χ0v) is 12.2. The summed E-state index contributed by atoms with van der Waals surface area (Å²) >= 11 is 0. The first kappa shape index (κ1) is 12.9. The maximum Gasteiger partial charge on any atom is 0.113 e. The van der Waals surface area contributed by atoms with Gasteiger partial charge in [0.05, 0.1) is 17.1 Å². The lowest BCUT2D eigenvalue weighted by molar-refractivity contribution is 0.593. The summed E-state index contributed by atoms with van der Waals surface area (Å²) in [4.78, 5) is 4.82. The van der Waals surface area contributed by atoms with E-state index < -0.39 is 0 Å². The predicted molar refractivity (Wildman–Crippen MR) is 84.1 cm³/mol. The number of hydrogen-bond acceptors (Lipinski definition) is 1. The molecule has 1 aromatic heterocycles. The quantitative estimate of drug-likeness (QED) is 0.666. The van der Waals surface area contributed by atoms with Gasteiger partial charge in [-0.1, -0.05) is 56.3 Å². The van der Waals surface area contributed by atoms with Gasteiger partial charge < -0.3 is 4.57 Å². The van der Waals surface area contributed by atoms with Crippen LogP contribution in [0, 0.1) is 0 Å². The fourth-order valence-corrected chi connectivity index (χ4v) is 2.76. The molecule has 0 spiro atoms. The Morgan fingerprint density at radius 2 is 1.50 bits per heavy atom. The summed E-state index contributed by atoms with van der Waals surface area (Å²) in [5, 5.41) is 0. The van der Waals surface area contributed by atoms with Gasteiger partial charge in [-0.3, -0.25) is 0 Å². The van der Waals surface area contributed by atoms with Crippen molar-refractivity contribution in [1.29, 1.82) is 0 Å². The second kappa shape index (κ2) is 5.12. The number of benzene rings is 2. The van der Waals surface area contributed by atoms with Gasteiger partial charge in [0.15, 0.2) is 0 Å². The fourth-order valence-electron chi connectivity index (χ4n) is 2.76. The van der Waals surface area contributed by atoms with Crippen molar-refractivity contribution < 1.29 is 0 Å². The van der Waals surface area contributed by atoms with Gasteiger partial charge in [0.2, 0.25) is 0 Å². The highest BCUT2D eigenvalue weighted by atomic mass is 15.1. The van der Waals surface area contributed by atoms with Gasteiger partial charge >= 0.3 is 0 Å². The number of para-hydroxylation sites is 2. The lowest BCUT2D eigenvalue weighted by Crippen LogP contribution is -2.11. The first-order valence-electron chi connectivity index (χ1n) is 7.20. The van der Waals surface area contributed by atoms with E-state index in [2.05, 4.69) is 79.9 Å². The van der Waals surface area contributed by atoms with Crippen molar-refractivity contribution in [2.45, 2.75) is 32.7 Å². The molecule has 20 heavy (non-hydrogen) atoms. The molecule has 0 saturated heterocycles. The van der Waals surface area contributed by atoms with Gasteiger partial charge in [-0.15, -0.1) is 0 Å². The van der Waals surface area contributed by atoms with Crippen LogP contribution in [0.2, 0.25) is 0 Å². The average Bonchev–Trinajstić information content (AvgIpc) is 2.87. The van der Waals surface area contributed by atoms with E-state index in [0.717, 1.165) is 11.3 Å². The first-order chi connectivity index (χ1) is 9.68. The maximum absolute atomic E-state index is 4.82. The Labute approximate surface area is 120 Å². The fraction of sp³-hybridized carbons (Fsp3) is 0.278. The van der Waals surface area contributed by atoms with Crippen molar-refractivity contribution in [2.75, 3.05) is 0 Å². The third-order valence-corrected chi connectivity index (χ3v) is 3.81. The lowest BCUT2D eigenvalue weighted by atomic mass is 10.1. The average molecular weight is 264 g/mol. The molecule has 3 rings (SSSR count). The predicted octanol–water partition coefficient (Wildman–Crippen LogP) is 4.77. The summed E-state index contributed by atoms with van der Waals surface area (Å²) in [6.45, 7) is 6.65. The Morgan fingerprint density at radius 3 is 2.20 bits per heavy atom. The Hall–Kier alpha value is -2.09. The Morgan fingerprint density at radius 1 is 0.850 bits per heavy atom. The molecule has 102 valence electrons. The van der Waals surface area contributed by atoms with Gasteiger partial charge in [-0.05, 0) is 24.6 Å². The highest BCUT2D eigenvalue weighted by Gasteiger charge is 2.18. The van der Waals surface area contributed by atoms with Crippen molar-refractivity contribution in [1.82, 2.24) is 9.55 Å². The molecule has 2 nitrogen and oxygen atoms in total. The maximum atomic E-state index is 4.82. The summed E-state index contributed by atoms with van der Waals surface area (Å²) in [6.07, 6.45) is 0. The highest BCUT2D eigenvalue weighted by Crippen LogP contribution is 2.29. The van der Waals surface area contributed by atoms with Crippen LogP contribution in [0.15, 0.2) is 54.6 Å². The molecule has 0 aliphatic heterocycles. The van der Waals surface area contributed by atoms with Crippen LogP contribution in [0.25, 0.3) is 11.0 Å². The first-order valence-corrected chi connectivity index (χ1v) is 7.20. The summed E-state index contributed by atoms with van der Waals surface area (Å²) in [6, 6.07) is 19.3. The smallest absolute Gasteiger partial charge is 0.113 e. The molecular formula is C18H20N2. The van der Waals surface area contributed by atoms with Crippen molar-refractivity contribution in [2.24, 2.45) is 0 Å². The minimum atomic E-state index is 0.293. The number of hydrogen-bond donors (Lipinski definition) is 0. The molecule has 0 saturated carbocycles. The minimum Gasteiger partial charge on any atom is -0.320 e. The second-order valence-electron chi connectivity index (χ2n) is 5.57. The summed E-state index contributed by atoms with van der Waals surface area (Å²) < 4.78 is 2.37. The molecular weight excluding hydrogens is 244 g/mol. The van der Waals surface area contributed by atoms with E-state index in [1.54, 1.807) is 0 Å². The van der Waals surface area contributed by atoms with Crippen molar-refractivity contribution in [3.05, 3.63) is 66.0 Å². The van der Waals surface area contributed by atoms with Crippen LogP contribution in [-0.2, 0) is 0 Å². The van der Waals surface area contributed by atoms with Gasteiger partial charge in [0, 0.05) is 5.92 Å². The van der Waals surface area contributed by atoms with E-state index in [0.29, 0.717) is 12.0 Å². The van der Waals surface area contributed by atoms with Gasteiger partial charge in [-0.25, -0.2) is 4.98 Å². The van der Waals surface area contributed by atoms with E-state index in [1.165, 1.54) is 11.1 Å². The molecule has 0 N–H and O–H groups in total. The van der Waals surface area contributed by atoms with Crippen LogP contribution in [0.4, 0.5) is 0 Å². The van der Waals surface area contributed by atoms with Crippen LogP contribution >= 0.6 is 0 Å². The summed E-state index contributed by atoms with van der Waals surface area (Å²) in [5.74, 6) is 1.57. The molecule has 1 heterocycles. The molecule has 2 heteroatoms. The van der Waals surface area contributed by atoms with Crippen LogP contribution < -0.4 is 0 Å². The largest absolute Gasteiger partial charge is 0.320 e. The normalized spacial score (nSPS) is 13.0. The van der Waals surface area contributed by atoms with Gasteiger partial charge in [0.25, 0.3) is 0 Å². The van der Waals surface area contributed by atoms with Crippen molar-refractivity contribution >= 4 is 11.0 Å². The molecule has 2 aromatic carbocycles. The van der Waals surface area contributed by atoms with E-state index in [4.69, 9.17) is 4.98 Å². The second-order valence-corrected chi connectivity index (χ2v) is 5.57. The number of fused-ring (bicyclic) bond motifs is 1. The minimum absolute atomic E-state index is 0.293. The Bertz CT molecular complexity index is 711. The number of aromatic nitrogens is 2. The molecule has 0 fully saturated rings. The van der Waals surface area contributed by atoms with Gasteiger partial charge in [-0.2, -0.15) is 0 Å². The molecule has 3 aromatic rings. The molecule has 0 amide bonds. The van der Waals surface area contributed by atoms with Crippen LogP contribution in [0.5, 0.6) is 0 Å². The van der Waals surface area contributed by atoms with E-state index in [-0.39, 0.29) is 0 Å². The Kier molecular flexibility index (Phi) is 3.31. The number of rotatable bonds is 3. The summed E-state index contributed by atoms with van der Waals surface area (Å²) in [7, 11) is 0. The standard InChI is InChI=1S/C18H20N2/c1-13(2)18-19-16-11-7-8-12-17(16)20(18)14(3)15-9-5-4-6-10-15/h4-14H,1-3H3/t14-/m1/s1. The topological polar surface area (TPSA) is 17.8 Å². The monoisotopic (exact) mass is 264 g/mol. The highest BCUT2D eigenvalue weighted by molar-refractivity contribution is 5.76. The molecule has 1 atom stereocenters. The zero-order chi connectivity index (χ0) is 14.1. The number of imidazole rings is 1. The summed E-state index contributed by atoms with van der Waals surface area (Å²) in [5.41, 5.74) is 3.61.